The predicted octanol–water partition coefficient (Wildman–Crippen LogP) is 5.12. The minimum absolute atomic E-state index is 0.962. The van der Waals surface area contributed by atoms with Crippen LogP contribution in [0.3, 0.4) is 0 Å². The van der Waals surface area contributed by atoms with Crippen molar-refractivity contribution in [1.29, 1.82) is 0 Å². The summed E-state index contributed by atoms with van der Waals surface area (Å²) in [7, 11) is -1.42. The number of rotatable bonds is 6. The number of aromatic nitrogens is 6. The topological polar surface area (TPSA) is 53.5 Å². The highest BCUT2D eigenvalue weighted by molar-refractivity contribution is 7.14. The van der Waals surface area contributed by atoms with Gasteiger partial charge < -0.3 is 13.8 Å². The van der Waals surface area contributed by atoms with Gasteiger partial charge in [0, 0.05) is 0 Å². The van der Waals surface area contributed by atoms with Crippen LogP contribution in [0.2, 0.25) is 0 Å². The second kappa shape index (κ2) is 7.80. The second-order valence-electron chi connectivity index (χ2n) is 7.08. The van der Waals surface area contributed by atoms with Gasteiger partial charge in [-0.15, -0.1) is 34.0 Å². The molecule has 152 valence electrons. The lowest BCUT2D eigenvalue weighted by Crippen LogP contribution is -2.42. The Balaban J connectivity index is 1.44. The Hall–Kier alpha value is -3.21. The van der Waals surface area contributed by atoms with Gasteiger partial charge in [-0.1, -0.05) is 18.2 Å². The molecule has 0 saturated heterocycles. The highest BCUT2D eigenvalue weighted by atomic mass is 32.1. The highest BCUT2D eigenvalue weighted by Gasteiger charge is 2.17. The molecule has 0 aromatic carbocycles. The molecule has 6 heterocycles. The highest BCUT2D eigenvalue weighted by Crippen LogP contribution is 2.25. The van der Waals surface area contributed by atoms with Crippen LogP contribution in [-0.4, -0.2) is 36.2 Å². The molecule has 31 heavy (non-hydrogen) atoms. The Kier molecular flexibility index (Phi) is 4.67. The monoisotopic (exact) mass is 459 g/mol. The van der Waals surface area contributed by atoms with Gasteiger partial charge in [-0.05, 0) is 71.1 Å². The molecule has 6 rings (SSSR count). The lowest BCUT2D eigenvalue weighted by molar-refractivity contribution is 0.775. The quantitative estimate of drug-likeness (QED) is 0.325. The van der Waals surface area contributed by atoms with E-state index in [1.807, 2.05) is 50.6 Å². The molecular formula is C21H16BN6S3-. The third-order valence-electron chi connectivity index (χ3n) is 5.11. The van der Waals surface area contributed by atoms with E-state index in [2.05, 4.69) is 52.5 Å². The summed E-state index contributed by atoms with van der Waals surface area (Å²) in [6.07, 6.45) is 6.07. The van der Waals surface area contributed by atoms with Gasteiger partial charge in [0.05, 0.1) is 31.7 Å². The molecule has 0 N–H and O–H groups in total. The van der Waals surface area contributed by atoms with E-state index in [1.165, 1.54) is 0 Å². The van der Waals surface area contributed by atoms with E-state index in [-0.39, 0.29) is 0 Å². The van der Waals surface area contributed by atoms with Gasteiger partial charge in [0.1, 0.15) is 0 Å². The first-order valence-electron chi connectivity index (χ1n) is 9.80. The molecule has 0 fully saturated rings. The van der Waals surface area contributed by atoms with Crippen LogP contribution in [0.4, 0.5) is 0 Å². The lowest BCUT2D eigenvalue weighted by atomic mass is 9.96. The number of nitrogens with zero attached hydrogens (tertiary/aromatic N) is 6. The summed E-state index contributed by atoms with van der Waals surface area (Å²) in [5, 5.41) is 20.9. The average molecular weight is 459 g/mol. The zero-order chi connectivity index (χ0) is 20.6. The van der Waals surface area contributed by atoms with E-state index in [0.29, 0.717) is 0 Å². The Labute approximate surface area is 190 Å². The van der Waals surface area contributed by atoms with Crippen LogP contribution in [0.15, 0.2) is 89.3 Å². The molecule has 0 aliphatic heterocycles. The molecule has 0 atom stereocenters. The van der Waals surface area contributed by atoms with E-state index < -0.39 is 7.12 Å². The lowest BCUT2D eigenvalue weighted by Gasteiger charge is -2.26. The van der Waals surface area contributed by atoms with Crippen LogP contribution >= 0.6 is 34.0 Å². The molecule has 0 aliphatic carbocycles. The standard InChI is InChI=1S/C21H16BN6S3/c1-4-19(29-13-1)16-7-10-26(23-16)22(27-11-8-17(24-27)20-5-2-14-30-20)28-12-9-18(25-28)21-6-3-15-31-21/h1-15,22H/q-1. The zero-order valence-corrected chi connectivity index (χ0v) is 18.7. The normalized spacial score (nSPS) is 11.5. The summed E-state index contributed by atoms with van der Waals surface area (Å²) in [4.78, 5) is 3.45. The fraction of sp³-hybridized carbons (Fsp3) is 0. The Morgan fingerprint density at radius 2 is 0.871 bits per heavy atom. The molecular weight excluding hydrogens is 443 g/mol. The minimum atomic E-state index is -1.42. The maximum Gasteiger partial charge on any atom is 0.326 e. The molecule has 6 aromatic rings. The summed E-state index contributed by atoms with van der Waals surface area (Å²) in [6.45, 7) is 0. The first kappa shape index (κ1) is 18.6. The van der Waals surface area contributed by atoms with Crippen LogP contribution in [0.1, 0.15) is 0 Å². The van der Waals surface area contributed by atoms with Crippen LogP contribution < -0.4 is 0 Å². The van der Waals surface area contributed by atoms with Crippen molar-refractivity contribution >= 4 is 41.1 Å². The summed E-state index contributed by atoms with van der Waals surface area (Å²) in [5.74, 6) is 0. The largest absolute Gasteiger partial charge is 0.402 e. The summed E-state index contributed by atoms with van der Waals surface area (Å²) in [5.41, 5.74) is 2.89. The fourth-order valence-electron chi connectivity index (χ4n) is 3.67. The van der Waals surface area contributed by atoms with E-state index in [1.54, 1.807) is 34.0 Å². The van der Waals surface area contributed by atoms with Gasteiger partial charge in [0.25, 0.3) is 0 Å². The fourth-order valence-corrected chi connectivity index (χ4v) is 5.74. The summed E-state index contributed by atoms with van der Waals surface area (Å²) < 4.78 is 5.97. The molecule has 0 spiro atoms. The van der Waals surface area contributed by atoms with Crippen LogP contribution in [-0.2, 0) is 0 Å². The average Bonchev–Trinajstić information content (AvgIpc) is 3.61. The van der Waals surface area contributed by atoms with Crippen molar-refractivity contribution in [2.45, 2.75) is 0 Å². The van der Waals surface area contributed by atoms with Crippen molar-refractivity contribution in [3.8, 4) is 31.7 Å². The van der Waals surface area contributed by atoms with Crippen LogP contribution in [0.25, 0.3) is 31.7 Å². The van der Waals surface area contributed by atoms with Crippen molar-refractivity contribution in [2.75, 3.05) is 0 Å². The van der Waals surface area contributed by atoms with E-state index in [4.69, 9.17) is 15.3 Å². The van der Waals surface area contributed by atoms with Crippen LogP contribution in [0, 0.1) is 0 Å². The molecule has 0 amide bonds. The maximum atomic E-state index is 4.90. The molecule has 6 nitrogen and oxygen atoms in total. The molecule has 0 aliphatic rings. The van der Waals surface area contributed by atoms with Crippen molar-refractivity contribution in [1.82, 2.24) is 29.1 Å². The molecule has 0 radical (unpaired) electrons. The first-order valence-corrected chi connectivity index (χ1v) is 12.4. The second-order valence-corrected chi connectivity index (χ2v) is 9.92. The van der Waals surface area contributed by atoms with Gasteiger partial charge in [0.15, 0.2) is 0 Å². The number of hydrogen-bond acceptors (Lipinski definition) is 6. The van der Waals surface area contributed by atoms with Gasteiger partial charge in [-0.25, -0.2) is 15.3 Å². The summed E-state index contributed by atoms with van der Waals surface area (Å²) in [6, 6.07) is 18.6. The Bertz CT molecular complexity index is 1220. The molecule has 10 heteroatoms. The Morgan fingerprint density at radius 1 is 0.516 bits per heavy atom. The Morgan fingerprint density at radius 3 is 1.16 bits per heavy atom. The van der Waals surface area contributed by atoms with Crippen LogP contribution in [0.5, 0.6) is 0 Å². The van der Waals surface area contributed by atoms with E-state index >= 15 is 0 Å². The van der Waals surface area contributed by atoms with Crippen molar-refractivity contribution < 1.29 is 0 Å². The van der Waals surface area contributed by atoms with Gasteiger partial charge in [0.2, 0.25) is 0 Å². The first-order chi connectivity index (χ1) is 15.3. The minimum Gasteiger partial charge on any atom is -0.402 e. The maximum absolute atomic E-state index is 4.90. The smallest absolute Gasteiger partial charge is 0.326 e. The van der Waals surface area contributed by atoms with E-state index in [0.717, 1.165) is 31.7 Å². The number of thiophene rings is 3. The summed E-state index contributed by atoms with van der Waals surface area (Å²) >= 11 is 5.07. The van der Waals surface area contributed by atoms with E-state index in [9.17, 15) is 0 Å². The van der Waals surface area contributed by atoms with Gasteiger partial charge in [-0.3, -0.25) is 0 Å². The molecule has 0 saturated carbocycles. The molecule has 0 unspecified atom stereocenters. The van der Waals surface area contributed by atoms with Crippen molar-refractivity contribution in [3.63, 3.8) is 0 Å². The third kappa shape index (κ3) is 3.48. The number of hydrogen-bond donors (Lipinski definition) is 0. The predicted molar refractivity (Wildman–Crippen MR) is 130 cm³/mol. The van der Waals surface area contributed by atoms with Gasteiger partial charge >= 0.3 is 7.12 Å². The molecule has 6 aromatic heterocycles. The third-order valence-corrected chi connectivity index (χ3v) is 7.79. The zero-order valence-electron chi connectivity index (χ0n) is 16.3. The SMILES string of the molecule is c1csc(-c2ccn([BH-](n3ccc(-c4cccs4)n3)n3ccc(-c4cccs4)n3)n2)c1. The molecule has 0 bridgehead atoms. The van der Waals surface area contributed by atoms with Gasteiger partial charge in [-0.2, -0.15) is 0 Å². The van der Waals surface area contributed by atoms with Crippen molar-refractivity contribution in [2.24, 2.45) is 0 Å². The van der Waals surface area contributed by atoms with Crippen molar-refractivity contribution in [3.05, 3.63) is 89.3 Å².